The largest absolute Gasteiger partial charge is 0.486 e. The van der Waals surface area contributed by atoms with Crippen molar-refractivity contribution < 1.29 is 17.9 Å². The number of nitrogens with one attached hydrogen (secondary N) is 3. The van der Waals surface area contributed by atoms with Gasteiger partial charge in [-0.2, -0.15) is 17.4 Å². The summed E-state index contributed by atoms with van der Waals surface area (Å²) in [5.74, 6) is -0.462. The summed E-state index contributed by atoms with van der Waals surface area (Å²) in [6.45, 7) is 5.13. The summed E-state index contributed by atoms with van der Waals surface area (Å²) in [7, 11) is -3.78. The molecule has 0 spiro atoms. The highest BCUT2D eigenvalue weighted by molar-refractivity contribution is 7.87. The minimum Gasteiger partial charge on any atom is -0.486 e. The minimum atomic E-state index is -3.78. The summed E-state index contributed by atoms with van der Waals surface area (Å²) in [6.07, 6.45) is 3.10. The van der Waals surface area contributed by atoms with Crippen LogP contribution in [-0.2, 0) is 19.7 Å². The molecule has 0 radical (unpaired) electrons. The van der Waals surface area contributed by atoms with E-state index >= 15 is 0 Å². The highest BCUT2D eigenvalue weighted by Gasteiger charge is 2.39. The molecule has 10 nitrogen and oxygen atoms in total. The van der Waals surface area contributed by atoms with Gasteiger partial charge < -0.3 is 26.1 Å². The van der Waals surface area contributed by atoms with Gasteiger partial charge in [0.1, 0.15) is 5.70 Å². The number of rotatable bonds is 11. The summed E-state index contributed by atoms with van der Waals surface area (Å²) in [5.41, 5.74) is 7.99. The molecule has 1 heterocycles. The molecule has 1 saturated heterocycles. The molecule has 2 aliphatic rings. The molecule has 1 aliphatic carbocycles. The summed E-state index contributed by atoms with van der Waals surface area (Å²) in [6, 6.07) is 13.4. The van der Waals surface area contributed by atoms with Crippen LogP contribution < -0.4 is 15.8 Å². The van der Waals surface area contributed by atoms with Crippen LogP contribution in [0.5, 0.6) is 0 Å². The van der Waals surface area contributed by atoms with Crippen molar-refractivity contribution in [3.63, 3.8) is 0 Å². The van der Waals surface area contributed by atoms with Gasteiger partial charge in [-0.25, -0.2) is 0 Å². The van der Waals surface area contributed by atoms with Crippen molar-refractivity contribution in [2.24, 2.45) is 5.41 Å². The van der Waals surface area contributed by atoms with E-state index in [2.05, 4.69) is 17.0 Å². The third-order valence-corrected chi connectivity index (χ3v) is 8.91. The smallest absolute Gasteiger partial charge is 0.293 e. The molecule has 210 valence electrons. The number of carbonyl (C=O) groups is 1. The molecule has 1 unspecified atom stereocenters. The standard InChI is InChI=1S/C27H35ClN6O4S/c1-19(20-5-3-7-22(30)15-20)32-39(36,37)34-13-11-33(12-14-34)24(17-29)25(38-18-27(2)9-10-27)26(35)31-23-8-4-6-21(28)16-23/h3-8,15-17,19,29,32H,9-14,18,30H2,1-2H3,(H,31,35)/b25-24-,29-17?. The quantitative estimate of drug-likeness (QED) is 0.139. The molecule has 0 bridgehead atoms. The number of piperazine rings is 1. The van der Waals surface area contributed by atoms with Crippen LogP contribution >= 0.6 is 11.6 Å². The highest BCUT2D eigenvalue weighted by atomic mass is 35.5. The monoisotopic (exact) mass is 574 g/mol. The van der Waals surface area contributed by atoms with Crippen LogP contribution in [0.25, 0.3) is 0 Å². The van der Waals surface area contributed by atoms with Crippen LogP contribution in [0.4, 0.5) is 11.4 Å². The Morgan fingerprint density at radius 1 is 1.18 bits per heavy atom. The number of amides is 1. The fourth-order valence-electron chi connectivity index (χ4n) is 4.28. The van der Waals surface area contributed by atoms with Crippen molar-refractivity contribution in [3.8, 4) is 0 Å². The number of hydrogen-bond acceptors (Lipinski definition) is 7. The molecule has 2 fully saturated rings. The third-order valence-electron chi connectivity index (χ3n) is 6.98. The number of nitrogens with two attached hydrogens (primary N) is 1. The molecular formula is C27H35ClN6O4S. The van der Waals surface area contributed by atoms with E-state index in [0.717, 1.165) is 24.6 Å². The number of allylic oxidation sites excluding steroid dienone is 1. The molecule has 2 aromatic carbocycles. The predicted molar refractivity (Wildman–Crippen MR) is 154 cm³/mol. The Labute approximate surface area is 234 Å². The molecule has 12 heteroatoms. The summed E-state index contributed by atoms with van der Waals surface area (Å²) in [5, 5.41) is 11.4. The lowest BCUT2D eigenvalue weighted by molar-refractivity contribution is -0.116. The van der Waals surface area contributed by atoms with E-state index in [1.807, 2.05) is 11.0 Å². The Kier molecular flexibility index (Phi) is 8.85. The Bertz CT molecular complexity index is 1350. The van der Waals surface area contributed by atoms with Gasteiger partial charge >= 0.3 is 0 Å². The molecule has 0 aromatic heterocycles. The average molecular weight is 575 g/mol. The van der Waals surface area contributed by atoms with Gasteiger partial charge in [0.05, 0.1) is 6.61 Å². The Morgan fingerprint density at radius 3 is 2.49 bits per heavy atom. The zero-order chi connectivity index (χ0) is 28.2. The topological polar surface area (TPSA) is 141 Å². The highest BCUT2D eigenvalue weighted by Crippen LogP contribution is 2.45. The van der Waals surface area contributed by atoms with Crippen LogP contribution in [0.1, 0.15) is 38.3 Å². The molecule has 2 aromatic rings. The van der Waals surface area contributed by atoms with Crippen molar-refractivity contribution in [2.45, 2.75) is 32.7 Å². The van der Waals surface area contributed by atoms with E-state index in [1.165, 1.54) is 4.31 Å². The molecule has 5 N–H and O–H groups in total. The molecule has 1 aliphatic heterocycles. The van der Waals surface area contributed by atoms with E-state index in [4.69, 9.17) is 27.5 Å². The second-order valence-electron chi connectivity index (χ2n) is 10.3. The van der Waals surface area contributed by atoms with Crippen LogP contribution in [0.3, 0.4) is 0 Å². The first-order valence-electron chi connectivity index (χ1n) is 12.8. The number of ether oxygens (including phenoxy) is 1. The normalized spacial score (nSPS) is 18.6. The number of benzene rings is 2. The lowest BCUT2D eigenvalue weighted by Crippen LogP contribution is -2.52. The van der Waals surface area contributed by atoms with E-state index in [1.54, 1.807) is 49.4 Å². The molecular weight excluding hydrogens is 540 g/mol. The fourth-order valence-corrected chi connectivity index (χ4v) is 5.84. The van der Waals surface area contributed by atoms with Crippen LogP contribution in [0.2, 0.25) is 5.02 Å². The van der Waals surface area contributed by atoms with Crippen molar-refractivity contribution in [1.29, 1.82) is 5.41 Å². The van der Waals surface area contributed by atoms with Gasteiger partial charge in [-0.05, 0) is 55.7 Å². The van der Waals surface area contributed by atoms with Crippen LogP contribution in [0.15, 0.2) is 60.0 Å². The zero-order valence-electron chi connectivity index (χ0n) is 22.1. The molecule has 1 amide bonds. The lowest BCUT2D eigenvalue weighted by Gasteiger charge is -2.36. The van der Waals surface area contributed by atoms with Crippen LogP contribution in [-0.4, -0.2) is 62.5 Å². The van der Waals surface area contributed by atoms with Gasteiger partial charge in [0.25, 0.3) is 16.1 Å². The second kappa shape index (κ2) is 12.0. The van der Waals surface area contributed by atoms with E-state index in [9.17, 15) is 13.2 Å². The van der Waals surface area contributed by atoms with Crippen molar-refractivity contribution in [3.05, 3.63) is 70.6 Å². The van der Waals surface area contributed by atoms with Gasteiger partial charge in [-0.3, -0.25) is 4.79 Å². The fraction of sp³-hybridized carbons (Fsp3) is 0.407. The summed E-state index contributed by atoms with van der Waals surface area (Å²) in [4.78, 5) is 15.1. The lowest BCUT2D eigenvalue weighted by atomic mass is 10.1. The Morgan fingerprint density at radius 2 is 1.87 bits per heavy atom. The summed E-state index contributed by atoms with van der Waals surface area (Å²) < 4.78 is 36.3. The van der Waals surface area contributed by atoms with Gasteiger partial charge in [0, 0.05) is 60.2 Å². The molecule has 1 atom stereocenters. The van der Waals surface area contributed by atoms with Gasteiger partial charge in [-0.15, -0.1) is 0 Å². The van der Waals surface area contributed by atoms with E-state index in [0.29, 0.717) is 28.7 Å². The maximum Gasteiger partial charge on any atom is 0.293 e. The molecule has 39 heavy (non-hydrogen) atoms. The Hall–Kier alpha value is -3.12. The number of anilines is 2. The third kappa shape index (κ3) is 7.51. The van der Waals surface area contributed by atoms with Crippen molar-refractivity contribution >= 4 is 45.3 Å². The number of halogens is 1. The maximum absolute atomic E-state index is 13.3. The van der Waals surface area contributed by atoms with Gasteiger partial charge in [0.2, 0.25) is 5.76 Å². The second-order valence-corrected chi connectivity index (χ2v) is 12.5. The Balaban J connectivity index is 1.47. The molecule has 1 saturated carbocycles. The average Bonchev–Trinajstić information content (AvgIpc) is 3.63. The number of nitrogens with zero attached hydrogens (tertiary/aromatic N) is 2. The first kappa shape index (κ1) is 28.9. The van der Waals surface area contributed by atoms with Crippen molar-refractivity contribution in [1.82, 2.24) is 13.9 Å². The maximum atomic E-state index is 13.3. The number of carbonyl (C=O) groups excluding carboxylic acids is 1. The van der Waals surface area contributed by atoms with E-state index in [-0.39, 0.29) is 37.4 Å². The van der Waals surface area contributed by atoms with Crippen molar-refractivity contribution in [2.75, 3.05) is 43.8 Å². The minimum absolute atomic E-state index is 0.00722. The summed E-state index contributed by atoms with van der Waals surface area (Å²) >= 11 is 6.07. The first-order chi connectivity index (χ1) is 18.5. The van der Waals surface area contributed by atoms with Gasteiger partial charge in [0.15, 0.2) is 0 Å². The number of nitrogen functional groups attached to an aromatic ring is 1. The first-order valence-corrected chi connectivity index (χ1v) is 14.6. The van der Waals surface area contributed by atoms with E-state index < -0.39 is 22.2 Å². The van der Waals surface area contributed by atoms with Gasteiger partial charge in [-0.1, -0.05) is 36.7 Å². The SMILES string of the molecule is CC(NS(=O)(=O)N1CCN(/C(C=N)=C(\OCC2(C)CC2)C(=O)Nc2cccc(Cl)c2)CC1)c1cccc(N)c1. The number of hydrogen-bond donors (Lipinski definition) is 4. The van der Waals surface area contributed by atoms with Crippen LogP contribution in [0, 0.1) is 10.8 Å². The predicted octanol–water partition coefficient (Wildman–Crippen LogP) is 3.75. The molecule has 4 rings (SSSR count). The zero-order valence-corrected chi connectivity index (χ0v) is 23.7.